The van der Waals surface area contributed by atoms with Crippen molar-refractivity contribution in [1.29, 1.82) is 0 Å². The van der Waals surface area contributed by atoms with Crippen molar-refractivity contribution in [3.8, 4) is 0 Å². The van der Waals surface area contributed by atoms with E-state index in [4.69, 9.17) is 0 Å². The van der Waals surface area contributed by atoms with Gasteiger partial charge in [-0.2, -0.15) is 5.10 Å². The van der Waals surface area contributed by atoms with E-state index in [2.05, 4.69) is 15.4 Å². The zero-order valence-corrected chi connectivity index (χ0v) is 13.5. The molecule has 2 aromatic heterocycles. The van der Waals surface area contributed by atoms with Crippen molar-refractivity contribution in [2.45, 2.75) is 13.0 Å². The van der Waals surface area contributed by atoms with Gasteiger partial charge in [0.05, 0.1) is 0 Å². The van der Waals surface area contributed by atoms with Crippen molar-refractivity contribution in [3.63, 3.8) is 0 Å². The molecule has 1 aromatic carbocycles. The molecule has 5 nitrogen and oxygen atoms in total. The van der Waals surface area contributed by atoms with Crippen molar-refractivity contribution in [3.05, 3.63) is 84.1 Å². The second kappa shape index (κ2) is 8.01. The molecule has 0 radical (unpaired) electrons. The number of nitrogens with zero attached hydrogens (tertiary/aromatic N) is 3. The van der Waals surface area contributed by atoms with Crippen LogP contribution in [0.4, 0.5) is 10.2 Å². The molecular formula is C19H17FN4O. The van der Waals surface area contributed by atoms with Crippen LogP contribution in [-0.2, 0) is 17.8 Å². The Morgan fingerprint density at radius 3 is 2.76 bits per heavy atom. The third-order valence-corrected chi connectivity index (χ3v) is 3.51. The number of rotatable bonds is 6. The number of pyridine rings is 1. The van der Waals surface area contributed by atoms with Crippen molar-refractivity contribution in [2.24, 2.45) is 0 Å². The first-order valence-corrected chi connectivity index (χ1v) is 7.87. The Morgan fingerprint density at radius 1 is 1.16 bits per heavy atom. The van der Waals surface area contributed by atoms with E-state index in [0.717, 1.165) is 17.7 Å². The summed E-state index contributed by atoms with van der Waals surface area (Å²) in [5, 5.41) is 7.00. The fourth-order valence-electron chi connectivity index (χ4n) is 2.24. The van der Waals surface area contributed by atoms with Crippen LogP contribution in [0.3, 0.4) is 0 Å². The van der Waals surface area contributed by atoms with E-state index in [-0.39, 0.29) is 11.7 Å². The van der Waals surface area contributed by atoms with Crippen LogP contribution in [0.1, 0.15) is 11.3 Å². The number of hydrogen-bond donors (Lipinski definition) is 1. The van der Waals surface area contributed by atoms with Crippen molar-refractivity contribution < 1.29 is 9.18 Å². The fraction of sp³-hybridized carbons (Fsp3) is 0.105. The van der Waals surface area contributed by atoms with E-state index < -0.39 is 0 Å². The number of amides is 1. The maximum absolute atomic E-state index is 12.8. The molecule has 0 bridgehead atoms. The van der Waals surface area contributed by atoms with Gasteiger partial charge in [0.15, 0.2) is 5.82 Å². The SMILES string of the molecule is O=C(/C=C/c1ccc(F)cc1)Nc1ccn(CCc2ccccn2)n1. The molecule has 0 spiro atoms. The molecular weight excluding hydrogens is 319 g/mol. The summed E-state index contributed by atoms with van der Waals surface area (Å²) in [5.74, 6) is -0.119. The summed E-state index contributed by atoms with van der Waals surface area (Å²) < 4.78 is 14.6. The van der Waals surface area contributed by atoms with E-state index >= 15 is 0 Å². The van der Waals surface area contributed by atoms with E-state index in [9.17, 15) is 9.18 Å². The Morgan fingerprint density at radius 2 is 2.00 bits per heavy atom. The first-order chi connectivity index (χ1) is 12.2. The summed E-state index contributed by atoms with van der Waals surface area (Å²) in [6.07, 6.45) is 7.34. The van der Waals surface area contributed by atoms with Crippen LogP contribution < -0.4 is 5.32 Å². The molecule has 2 heterocycles. The van der Waals surface area contributed by atoms with E-state index in [0.29, 0.717) is 12.4 Å². The van der Waals surface area contributed by atoms with E-state index in [1.165, 1.54) is 18.2 Å². The van der Waals surface area contributed by atoms with Gasteiger partial charge in [-0.1, -0.05) is 18.2 Å². The zero-order chi connectivity index (χ0) is 17.5. The molecule has 0 saturated carbocycles. The number of carbonyl (C=O) groups excluding carboxylic acids is 1. The molecule has 1 amide bonds. The van der Waals surface area contributed by atoms with Gasteiger partial charge in [0.2, 0.25) is 5.91 Å². The predicted molar refractivity (Wildman–Crippen MR) is 94.2 cm³/mol. The molecule has 126 valence electrons. The maximum Gasteiger partial charge on any atom is 0.249 e. The van der Waals surface area contributed by atoms with Crippen molar-refractivity contribution >= 4 is 17.8 Å². The highest BCUT2D eigenvalue weighted by Crippen LogP contribution is 2.07. The van der Waals surface area contributed by atoms with Gasteiger partial charge in [-0.25, -0.2) is 4.39 Å². The highest BCUT2D eigenvalue weighted by molar-refractivity contribution is 6.01. The normalized spacial score (nSPS) is 10.9. The Balaban J connectivity index is 1.52. The minimum absolute atomic E-state index is 0.292. The summed E-state index contributed by atoms with van der Waals surface area (Å²) in [5.41, 5.74) is 1.74. The van der Waals surface area contributed by atoms with Gasteiger partial charge in [0.1, 0.15) is 5.82 Å². The Bertz CT molecular complexity index is 857. The third-order valence-electron chi connectivity index (χ3n) is 3.51. The first kappa shape index (κ1) is 16.6. The Labute approximate surface area is 144 Å². The number of halogens is 1. The third kappa shape index (κ3) is 5.10. The highest BCUT2D eigenvalue weighted by Gasteiger charge is 2.03. The second-order valence-electron chi connectivity index (χ2n) is 5.41. The summed E-state index contributed by atoms with van der Waals surface area (Å²) in [4.78, 5) is 16.2. The van der Waals surface area contributed by atoms with Crippen LogP contribution in [0.25, 0.3) is 6.08 Å². The summed E-state index contributed by atoms with van der Waals surface area (Å²) in [6, 6.07) is 13.4. The lowest BCUT2D eigenvalue weighted by Crippen LogP contribution is -2.09. The molecule has 6 heteroatoms. The van der Waals surface area contributed by atoms with Crippen molar-refractivity contribution in [2.75, 3.05) is 5.32 Å². The summed E-state index contributed by atoms with van der Waals surface area (Å²) in [6.45, 7) is 0.679. The molecule has 3 aromatic rings. The Hall–Kier alpha value is -3.28. The highest BCUT2D eigenvalue weighted by atomic mass is 19.1. The first-order valence-electron chi connectivity index (χ1n) is 7.87. The number of anilines is 1. The van der Waals surface area contributed by atoms with Gasteiger partial charge in [-0.05, 0) is 35.9 Å². The maximum atomic E-state index is 12.8. The average molecular weight is 336 g/mol. The van der Waals surface area contributed by atoms with Gasteiger partial charge >= 0.3 is 0 Å². The van der Waals surface area contributed by atoms with Crippen LogP contribution in [0.5, 0.6) is 0 Å². The van der Waals surface area contributed by atoms with E-state index in [1.807, 2.05) is 24.4 Å². The standard InChI is InChI=1S/C19H17FN4O/c20-16-7-4-15(5-8-16)6-9-19(25)22-18-11-14-24(23-18)13-10-17-3-1-2-12-21-17/h1-9,11-12,14H,10,13H2,(H,22,23,25)/b9-6+. The molecule has 3 rings (SSSR count). The lowest BCUT2D eigenvalue weighted by molar-refractivity contribution is -0.111. The molecule has 0 fully saturated rings. The molecule has 0 unspecified atom stereocenters. The zero-order valence-electron chi connectivity index (χ0n) is 13.5. The molecule has 0 aliphatic heterocycles. The number of nitrogens with one attached hydrogen (secondary N) is 1. The fourth-order valence-corrected chi connectivity index (χ4v) is 2.24. The van der Waals surface area contributed by atoms with Crippen molar-refractivity contribution in [1.82, 2.24) is 14.8 Å². The summed E-state index contributed by atoms with van der Waals surface area (Å²) in [7, 11) is 0. The molecule has 0 aliphatic carbocycles. The van der Waals surface area contributed by atoms with E-state index in [1.54, 1.807) is 35.2 Å². The largest absolute Gasteiger partial charge is 0.306 e. The molecule has 1 N–H and O–H groups in total. The minimum atomic E-state index is -0.308. The number of aryl methyl sites for hydroxylation is 2. The van der Waals surface area contributed by atoms with Crippen LogP contribution in [0.15, 0.2) is 67.0 Å². The summed E-state index contributed by atoms with van der Waals surface area (Å²) >= 11 is 0. The Kier molecular flexibility index (Phi) is 5.31. The quantitative estimate of drug-likeness (QED) is 0.703. The number of carbonyl (C=O) groups is 1. The van der Waals surface area contributed by atoms with Gasteiger partial charge in [-0.3, -0.25) is 14.5 Å². The van der Waals surface area contributed by atoms with Gasteiger partial charge in [-0.15, -0.1) is 0 Å². The second-order valence-corrected chi connectivity index (χ2v) is 5.41. The number of aromatic nitrogens is 3. The van der Waals surface area contributed by atoms with Crippen LogP contribution in [0, 0.1) is 5.82 Å². The monoisotopic (exact) mass is 336 g/mol. The average Bonchev–Trinajstić information content (AvgIpc) is 3.08. The minimum Gasteiger partial charge on any atom is -0.306 e. The smallest absolute Gasteiger partial charge is 0.249 e. The number of benzene rings is 1. The van der Waals surface area contributed by atoms with Gasteiger partial charge < -0.3 is 5.32 Å². The van der Waals surface area contributed by atoms with Crippen LogP contribution >= 0.6 is 0 Å². The van der Waals surface area contributed by atoms with Crippen LogP contribution in [0.2, 0.25) is 0 Å². The number of hydrogen-bond acceptors (Lipinski definition) is 3. The van der Waals surface area contributed by atoms with Gasteiger partial charge in [0, 0.05) is 43.2 Å². The lowest BCUT2D eigenvalue weighted by Gasteiger charge is -2.01. The lowest BCUT2D eigenvalue weighted by atomic mass is 10.2. The van der Waals surface area contributed by atoms with Gasteiger partial charge in [0.25, 0.3) is 0 Å². The predicted octanol–water partition coefficient (Wildman–Crippen LogP) is 3.31. The molecule has 25 heavy (non-hydrogen) atoms. The topological polar surface area (TPSA) is 59.8 Å². The molecule has 0 saturated heterocycles. The molecule has 0 aliphatic rings. The molecule has 0 atom stereocenters. The van der Waals surface area contributed by atoms with Crippen LogP contribution in [-0.4, -0.2) is 20.7 Å².